The molecular weight excluding hydrogens is 249 g/mol. The normalized spacial score (nSPS) is 10.4. The van der Waals surface area contributed by atoms with Crippen molar-refractivity contribution < 1.29 is 9.13 Å². The third-order valence-corrected chi connectivity index (χ3v) is 3.85. The summed E-state index contributed by atoms with van der Waals surface area (Å²) in [4.78, 5) is 1.89. The van der Waals surface area contributed by atoms with Crippen molar-refractivity contribution in [2.24, 2.45) is 0 Å². The summed E-state index contributed by atoms with van der Waals surface area (Å²) in [5.41, 5.74) is 7.40. The molecule has 0 radical (unpaired) electrons. The number of nitrogens with two attached hydrogens (primary N) is 1. The summed E-state index contributed by atoms with van der Waals surface area (Å²) in [5.74, 6) is -0.232. The Morgan fingerprint density at radius 3 is 2.56 bits per heavy atom. The second-order valence-electron chi connectivity index (χ2n) is 3.89. The van der Waals surface area contributed by atoms with Gasteiger partial charge in [-0.3, -0.25) is 0 Å². The summed E-state index contributed by atoms with van der Waals surface area (Å²) in [6, 6.07) is 10.9. The minimum Gasteiger partial charge on any atom is -0.494 e. The van der Waals surface area contributed by atoms with Gasteiger partial charge in [0.05, 0.1) is 7.11 Å². The molecule has 0 aliphatic rings. The molecule has 2 aromatic rings. The summed E-state index contributed by atoms with van der Waals surface area (Å²) in [6.45, 7) is 2.03. The van der Waals surface area contributed by atoms with E-state index in [0.29, 0.717) is 5.69 Å². The maximum absolute atomic E-state index is 13.4. The van der Waals surface area contributed by atoms with Gasteiger partial charge in [0.1, 0.15) is 0 Å². The van der Waals surface area contributed by atoms with E-state index in [0.717, 1.165) is 15.4 Å². The van der Waals surface area contributed by atoms with Crippen LogP contribution in [0.25, 0.3) is 0 Å². The molecule has 94 valence electrons. The molecule has 0 atom stereocenters. The molecule has 0 bridgehead atoms. The average Bonchev–Trinajstić information content (AvgIpc) is 2.35. The van der Waals surface area contributed by atoms with Crippen molar-refractivity contribution in [3.63, 3.8) is 0 Å². The lowest BCUT2D eigenvalue weighted by Gasteiger charge is -2.10. The first-order chi connectivity index (χ1) is 8.61. The van der Waals surface area contributed by atoms with E-state index in [9.17, 15) is 4.39 Å². The minimum atomic E-state index is -0.441. The Hall–Kier alpha value is -1.68. The zero-order valence-corrected chi connectivity index (χ0v) is 11.1. The highest BCUT2D eigenvalue weighted by Crippen LogP contribution is 2.37. The van der Waals surface area contributed by atoms with E-state index < -0.39 is 5.82 Å². The number of anilines is 1. The largest absolute Gasteiger partial charge is 0.494 e. The molecule has 0 aliphatic heterocycles. The van der Waals surface area contributed by atoms with Crippen LogP contribution in [0.1, 0.15) is 5.56 Å². The number of methoxy groups -OCH3 is 1. The molecule has 2 nitrogen and oxygen atoms in total. The zero-order chi connectivity index (χ0) is 13.1. The van der Waals surface area contributed by atoms with Gasteiger partial charge in [-0.15, -0.1) is 0 Å². The lowest BCUT2D eigenvalue weighted by atomic mass is 10.2. The molecule has 2 aromatic carbocycles. The highest BCUT2D eigenvalue weighted by molar-refractivity contribution is 7.99. The first kappa shape index (κ1) is 12.8. The Bertz CT molecular complexity index is 572. The fourth-order valence-corrected chi connectivity index (χ4v) is 2.54. The topological polar surface area (TPSA) is 35.2 Å². The quantitative estimate of drug-likeness (QED) is 0.854. The van der Waals surface area contributed by atoms with Crippen LogP contribution in [-0.4, -0.2) is 7.11 Å². The van der Waals surface area contributed by atoms with E-state index in [1.807, 2.05) is 31.2 Å². The van der Waals surface area contributed by atoms with Crippen molar-refractivity contribution in [1.29, 1.82) is 0 Å². The fourth-order valence-electron chi connectivity index (χ4n) is 1.58. The number of rotatable bonds is 3. The Balaban J connectivity index is 2.38. The Morgan fingerprint density at radius 2 is 1.89 bits per heavy atom. The highest BCUT2D eigenvalue weighted by Gasteiger charge is 2.10. The van der Waals surface area contributed by atoms with Crippen molar-refractivity contribution in [2.45, 2.75) is 16.7 Å². The molecule has 0 spiro atoms. The van der Waals surface area contributed by atoms with Gasteiger partial charge in [0, 0.05) is 21.5 Å². The summed E-state index contributed by atoms with van der Waals surface area (Å²) < 4.78 is 18.4. The first-order valence-electron chi connectivity index (χ1n) is 5.48. The van der Waals surface area contributed by atoms with E-state index in [-0.39, 0.29) is 5.75 Å². The van der Waals surface area contributed by atoms with Crippen LogP contribution in [0.3, 0.4) is 0 Å². The SMILES string of the molecule is COc1cc(Sc2ccccc2C)c(N)cc1F. The maximum Gasteiger partial charge on any atom is 0.167 e. The minimum absolute atomic E-state index is 0.209. The molecule has 4 heteroatoms. The summed E-state index contributed by atoms with van der Waals surface area (Å²) in [7, 11) is 1.44. The molecule has 0 aliphatic carbocycles. The van der Waals surface area contributed by atoms with Gasteiger partial charge in [-0.25, -0.2) is 4.39 Å². The zero-order valence-electron chi connectivity index (χ0n) is 10.2. The molecule has 0 unspecified atom stereocenters. The van der Waals surface area contributed by atoms with E-state index in [4.69, 9.17) is 10.5 Å². The molecule has 0 amide bonds. The fraction of sp³-hybridized carbons (Fsp3) is 0.143. The number of nitrogen functional groups attached to an aromatic ring is 1. The lowest BCUT2D eigenvalue weighted by Crippen LogP contribution is -1.94. The van der Waals surface area contributed by atoms with Gasteiger partial charge in [0.15, 0.2) is 11.6 Å². The van der Waals surface area contributed by atoms with Crippen molar-refractivity contribution in [3.05, 3.63) is 47.8 Å². The number of hydrogen-bond donors (Lipinski definition) is 1. The van der Waals surface area contributed by atoms with E-state index in [2.05, 4.69) is 0 Å². The van der Waals surface area contributed by atoms with E-state index >= 15 is 0 Å². The average molecular weight is 263 g/mol. The van der Waals surface area contributed by atoms with Crippen molar-refractivity contribution in [1.82, 2.24) is 0 Å². The Morgan fingerprint density at radius 1 is 1.17 bits per heavy atom. The number of benzene rings is 2. The molecule has 18 heavy (non-hydrogen) atoms. The molecular formula is C14H14FNOS. The number of halogens is 1. The molecule has 2 N–H and O–H groups in total. The molecule has 0 saturated heterocycles. The van der Waals surface area contributed by atoms with Crippen LogP contribution in [0.5, 0.6) is 5.75 Å². The number of ether oxygens (including phenoxy) is 1. The Labute approximate surface area is 110 Å². The van der Waals surface area contributed by atoms with Crippen LogP contribution in [0, 0.1) is 12.7 Å². The van der Waals surface area contributed by atoms with Crippen molar-refractivity contribution >= 4 is 17.4 Å². The number of hydrogen-bond acceptors (Lipinski definition) is 3. The van der Waals surface area contributed by atoms with Crippen LogP contribution in [0.15, 0.2) is 46.2 Å². The molecule has 0 fully saturated rings. The maximum atomic E-state index is 13.4. The Kier molecular flexibility index (Phi) is 3.77. The predicted molar refractivity (Wildman–Crippen MR) is 72.7 cm³/mol. The highest BCUT2D eigenvalue weighted by atomic mass is 32.2. The molecule has 0 saturated carbocycles. The summed E-state index contributed by atoms with van der Waals surface area (Å²) >= 11 is 1.51. The predicted octanol–water partition coefficient (Wildman–Crippen LogP) is 3.88. The number of aryl methyl sites for hydroxylation is 1. The van der Waals surface area contributed by atoms with Crippen LogP contribution in [0.4, 0.5) is 10.1 Å². The molecule has 0 heterocycles. The standard InChI is InChI=1S/C14H14FNOS/c1-9-5-3-4-6-13(9)18-14-8-12(17-2)10(15)7-11(14)16/h3-8H,16H2,1-2H3. The van der Waals surface area contributed by atoms with Crippen LogP contribution >= 0.6 is 11.8 Å². The van der Waals surface area contributed by atoms with Gasteiger partial charge in [0.25, 0.3) is 0 Å². The smallest absolute Gasteiger partial charge is 0.167 e. The third-order valence-electron chi connectivity index (χ3n) is 2.60. The van der Waals surface area contributed by atoms with Gasteiger partial charge < -0.3 is 10.5 Å². The second kappa shape index (κ2) is 5.31. The van der Waals surface area contributed by atoms with E-state index in [1.54, 1.807) is 6.07 Å². The van der Waals surface area contributed by atoms with Gasteiger partial charge in [-0.1, -0.05) is 30.0 Å². The van der Waals surface area contributed by atoms with Gasteiger partial charge in [-0.05, 0) is 24.6 Å². The third kappa shape index (κ3) is 2.59. The molecule has 0 aromatic heterocycles. The second-order valence-corrected chi connectivity index (χ2v) is 4.98. The van der Waals surface area contributed by atoms with Crippen molar-refractivity contribution in [2.75, 3.05) is 12.8 Å². The summed E-state index contributed by atoms with van der Waals surface area (Å²) in [6.07, 6.45) is 0. The monoisotopic (exact) mass is 263 g/mol. The van der Waals surface area contributed by atoms with Gasteiger partial charge in [0.2, 0.25) is 0 Å². The molecule has 2 rings (SSSR count). The van der Waals surface area contributed by atoms with Crippen LogP contribution < -0.4 is 10.5 Å². The summed E-state index contributed by atoms with van der Waals surface area (Å²) in [5, 5.41) is 0. The van der Waals surface area contributed by atoms with Gasteiger partial charge in [-0.2, -0.15) is 0 Å². The van der Waals surface area contributed by atoms with Crippen LogP contribution in [0.2, 0.25) is 0 Å². The van der Waals surface area contributed by atoms with Gasteiger partial charge >= 0.3 is 0 Å². The van der Waals surface area contributed by atoms with Crippen LogP contribution in [-0.2, 0) is 0 Å². The van der Waals surface area contributed by atoms with Crippen molar-refractivity contribution in [3.8, 4) is 5.75 Å². The van der Waals surface area contributed by atoms with E-state index in [1.165, 1.54) is 24.9 Å². The first-order valence-corrected chi connectivity index (χ1v) is 6.30. The lowest BCUT2D eigenvalue weighted by molar-refractivity contribution is 0.385.